The third kappa shape index (κ3) is 3.53. The molecule has 24 heavy (non-hydrogen) atoms. The molecule has 0 spiro atoms. The minimum absolute atomic E-state index is 0.00725. The maximum absolute atomic E-state index is 12.7. The van der Waals surface area contributed by atoms with Crippen molar-refractivity contribution >= 4 is 17.5 Å². The summed E-state index contributed by atoms with van der Waals surface area (Å²) in [6, 6.07) is 9.02. The van der Waals surface area contributed by atoms with E-state index in [-0.39, 0.29) is 18.4 Å². The van der Waals surface area contributed by atoms with Gasteiger partial charge in [0.15, 0.2) is 6.61 Å². The maximum atomic E-state index is 12.7. The number of benzene rings is 1. The minimum atomic E-state index is -0.211. The fourth-order valence-electron chi connectivity index (χ4n) is 2.62. The number of anilines is 1. The number of carbonyl (C=O) groups excluding carboxylic acids is 2. The van der Waals surface area contributed by atoms with Crippen LogP contribution in [-0.2, 0) is 11.2 Å². The Morgan fingerprint density at radius 1 is 1.29 bits per heavy atom. The lowest BCUT2D eigenvalue weighted by Crippen LogP contribution is -2.33. The van der Waals surface area contributed by atoms with E-state index in [0.717, 1.165) is 12.0 Å². The molecule has 1 aromatic heterocycles. The quantitative estimate of drug-likeness (QED) is 0.914. The van der Waals surface area contributed by atoms with Crippen LogP contribution in [0.3, 0.4) is 0 Å². The molecule has 124 valence electrons. The van der Waals surface area contributed by atoms with E-state index in [1.165, 1.54) is 0 Å². The van der Waals surface area contributed by atoms with Crippen molar-refractivity contribution in [2.75, 3.05) is 25.0 Å². The van der Waals surface area contributed by atoms with Crippen molar-refractivity contribution in [1.82, 2.24) is 9.88 Å². The van der Waals surface area contributed by atoms with E-state index in [4.69, 9.17) is 4.74 Å². The van der Waals surface area contributed by atoms with Crippen molar-refractivity contribution in [3.8, 4) is 5.75 Å². The summed E-state index contributed by atoms with van der Waals surface area (Å²) in [5.41, 5.74) is 2.22. The highest BCUT2D eigenvalue weighted by atomic mass is 16.5. The Morgan fingerprint density at radius 2 is 2.08 bits per heavy atom. The number of nitrogens with one attached hydrogen (secondary N) is 1. The fraction of sp³-hybridized carbons (Fsp3) is 0.278. The number of rotatable bonds is 5. The molecule has 1 aromatic carbocycles. The molecule has 0 saturated carbocycles. The summed E-state index contributed by atoms with van der Waals surface area (Å²) in [6.45, 7) is 3.20. The van der Waals surface area contributed by atoms with Crippen molar-refractivity contribution in [3.63, 3.8) is 0 Å². The number of ether oxygens (including phenoxy) is 1. The summed E-state index contributed by atoms with van der Waals surface area (Å²) in [6.07, 6.45) is 4.27. The summed E-state index contributed by atoms with van der Waals surface area (Å²) < 4.78 is 5.32. The molecule has 0 radical (unpaired) electrons. The zero-order valence-corrected chi connectivity index (χ0v) is 13.5. The minimum Gasteiger partial charge on any atom is -0.482 e. The van der Waals surface area contributed by atoms with Gasteiger partial charge in [0, 0.05) is 31.0 Å². The first-order valence-corrected chi connectivity index (χ1v) is 7.92. The Balaban J connectivity index is 1.71. The molecule has 1 N–H and O–H groups in total. The van der Waals surface area contributed by atoms with Crippen LogP contribution in [0.2, 0.25) is 0 Å². The van der Waals surface area contributed by atoms with Crippen LogP contribution in [0.25, 0.3) is 0 Å². The van der Waals surface area contributed by atoms with Crippen LogP contribution in [0.5, 0.6) is 5.75 Å². The lowest BCUT2D eigenvalue weighted by atomic mass is 10.1. The number of likely N-dealkylation sites (N-methyl/N-ethyl adjacent to an activating group) is 1. The van der Waals surface area contributed by atoms with Crippen molar-refractivity contribution in [2.24, 2.45) is 0 Å². The molecule has 1 aliphatic rings. The number of fused-ring (bicyclic) bond motifs is 1. The third-order valence-corrected chi connectivity index (χ3v) is 3.95. The molecule has 3 rings (SSSR count). The first-order chi connectivity index (χ1) is 11.7. The third-order valence-electron chi connectivity index (χ3n) is 3.95. The summed E-state index contributed by atoms with van der Waals surface area (Å²) in [7, 11) is 0. The Morgan fingerprint density at radius 3 is 2.83 bits per heavy atom. The number of pyridine rings is 1. The van der Waals surface area contributed by atoms with Crippen LogP contribution in [0.15, 0.2) is 42.7 Å². The molecule has 2 heterocycles. The second-order valence-electron chi connectivity index (χ2n) is 5.54. The van der Waals surface area contributed by atoms with Gasteiger partial charge < -0.3 is 15.0 Å². The van der Waals surface area contributed by atoms with Gasteiger partial charge in [-0.25, -0.2) is 0 Å². The fourth-order valence-corrected chi connectivity index (χ4v) is 2.62. The SMILES string of the molecule is CCN(CCc1ccncc1)C(=O)c1ccc2c(c1)NC(=O)CO2. The van der Waals surface area contributed by atoms with Crippen molar-refractivity contribution in [2.45, 2.75) is 13.3 Å². The maximum Gasteiger partial charge on any atom is 0.262 e. The molecule has 0 aliphatic carbocycles. The van der Waals surface area contributed by atoms with E-state index in [9.17, 15) is 9.59 Å². The zero-order chi connectivity index (χ0) is 16.9. The van der Waals surface area contributed by atoms with Crippen molar-refractivity contribution in [3.05, 3.63) is 53.9 Å². The van der Waals surface area contributed by atoms with Gasteiger partial charge in [-0.2, -0.15) is 0 Å². The van der Waals surface area contributed by atoms with E-state index < -0.39 is 0 Å². The monoisotopic (exact) mass is 325 g/mol. The molecule has 0 saturated heterocycles. The van der Waals surface area contributed by atoms with Crippen LogP contribution >= 0.6 is 0 Å². The van der Waals surface area contributed by atoms with Crippen LogP contribution in [0, 0.1) is 0 Å². The molecule has 2 amide bonds. The van der Waals surface area contributed by atoms with Gasteiger partial charge in [0.1, 0.15) is 5.75 Å². The molecule has 0 bridgehead atoms. The normalized spacial score (nSPS) is 12.8. The summed E-state index contributed by atoms with van der Waals surface area (Å²) >= 11 is 0. The smallest absolute Gasteiger partial charge is 0.262 e. The number of carbonyl (C=O) groups is 2. The predicted molar refractivity (Wildman–Crippen MR) is 90.1 cm³/mol. The van der Waals surface area contributed by atoms with E-state index in [1.807, 2.05) is 19.1 Å². The Labute approximate surface area is 140 Å². The number of nitrogens with zero attached hydrogens (tertiary/aromatic N) is 2. The Bertz CT molecular complexity index is 746. The van der Waals surface area contributed by atoms with Crippen molar-refractivity contribution < 1.29 is 14.3 Å². The zero-order valence-electron chi connectivity index (χ0n) is 13.5. The van der Waals surface area contributed by atoms with E-state index in [0.29, 0.717) is 30.1 Å². The standard InChI is InChI=1S/C18H19N3O3/c1-2-21(10-7-13-5-8-19-9-6-13)18(23)14-3-4-16-15(11-14)20-17(22)12-24-16/h3-6,8-9,11H,2,7,10,12H2,1H3,(H,20,22). The average molecular weight is 325 g/mol. The summed E-state index contributed by atoms with van der Waals surface area (Å²) in [4.78, 5) is 29.9. The van der Waals surface area contributed by atoms with E-state index in [1.54, 1.807) is 35.5 Å². The Kier molecular flexibility index (Phi) is 4.74. The van der Waals surface area contributed by atoms with Gasteiger partial charge in [0.05, 0.1) is 5.69 Å². The number of hydrogen-bond acceptors (Lipinski definition) is 4. The molecule has 2 aromatic rings. The number of hydrogen-bond donors (Lipinski definition) is 1. The highest BCUT2D eigenvalue weighted by Gasteiger charge is 2.20. The van der Waals surface area contributed by atoms with Crippen LogP contribution in [-0.4, -0.2) is 41.4 Å². The van der Waals surface area contributed by atoms with Crippen LogP contribution in [0.1, 0.15) is 22.8 Å². The second kappa shape index (κ2) is 7.12. The largest absolute Gasteiger partial charge is 0.482 e. The number of amides is 2. The van der Waals surface area contributed by atoms with E-state index >= 15 is 0 Å². The molecule has 0 atom stereocenters. The topological polar surface area (TPSA) is 71.5 Å². The average Bonchev–Trinajstić information content (AvgIpc) is 2.62. The predicted octanol–water partition coefficient (Wildman–Crippen LogP) is 2.12. The first-order valence-electron chi connectivity index (χ1n) is 7.92. The van der Waals surface area contributed by atoms with Crippen LogP contribution in [0.4, 0.5) is 5.69 Å². The van der Waals surface area contributed by atoms with Gasteiger partial charge in [-0.1, -0.05) is 0 Å². The summed E-state index contributed by atoms with van der Waals surface area (Å²) in [5, 5.41) is 2.73. The lowest BCUT2D eigenvalue weighted by molar-refractivity contribution is -0.118. The van der Waals surface area contributed by atoms with Crippen LogP contribution < -0.4 is 10.1 Å². The lowest BCUT2D eigenvalue weighted by Gasteiger charge is -2.23. The van der Waals surface area contributed by atoms with Gasteiger partial charge in [-0.3, -0.25) is 14.6 Å². The number of aromatic nitrogens is 1. The second-order valence-corrected chi connectivity index (χ2v) is 5.54. The molecule has 0 unspecified atom stereocenters. The van der Waals surface area contributed by atoms with Gasteiger partial charge in [0.25, 0.3) is 11.8 Å². The highest BCUT2D eigenvalue weighted by Crippen LogP contribution is 2.28. The Hall–Kier alpha value is -2.89. The molecular weight excluding hydrogens is 306 g/mol. The highest BCUT2D eigenvalue weighted by molar-refractivity contribution is 5.99. The molecule has 0 fully saturated rings. The van der Waals surface area contributed by atoms with Gasteiger partial charge >= 0.3 is 0 Å². The van der Waals surface area contributed by atoms with Gasteiger partial charge in [-0.15, -0.1) is 0 Å². The van der Waals surface area contributed by atoms with E-state index in [2.05, 4.69) is 10.3 Å². The molecule has 6 heteroatoms. The van der Waals surface area contributed by atoms with Crippen molar-refractivity contribution in [1.29, 1.82) is 0 Å². The summed E-state index contributed by atoms with van der Waals surface area (Å²) in [5.74, 6) is 0.317. The van der Waals surface area contributed by atoms with Gasteiger partial charge in [-0.05, 0) is 49.2 Å². The molecular formula is C18H19N3O3. The first kappa shape index (κ1) is 16.0. The molecule has 1 aliphatic heterocycles. The molecule has 6 nitrogen and oxygen atoms in total. The van der Waals surface area contributed by atoms with Gasteiger partial charge in [0.2, 0.25) is 0 Å².